The molecule has 78 valence electrons. The fraction of sp³-hybridized carbons (Fsp3) is 0.200. The number of fused-ring (bicyclic) bond motifs is 1. The number of rotatable bonds is 1. The van der Waals surface area contributed by atoms with Crippen molar-refractivity contribution >= 4 is 23.5 Å². The first-order valence-corrected chi connectivity index (χ1v) is 4.67. The van der Waals surface area contributed by atoms with Crippen molar-refractivity contribution in [3.63, 3.8) is 0 Å². The molecule has 2 atom stereocenters. The van der Waals surface area contributed by atoms with Gasteiger partial charge in [-0.1, -0.05) is 23.8 Å². The highest BCUT2D eigenvalue weighted by Crippen LogP contribution is 2.28. The number of hydrogen-bond donors (Lipinski definition) is 1. The monoisotopic (exact) mass is 226 g/mol. The van der Waals surface area contributed by atoms with Gasteiger partial charge < -0.3 is 9.84 Å². The molecule has 0 fully saturated rings. The van der Waals surface area contributed by atoms with Crippen LogP contribution in [0.4, 0.5) is 0 Å². The summed E-state index contributed by atoms with van der Waals surface area (Å²) in [5.74, 6) is -2.37. The maximum absolute atomic E-state index is 11.2. The molecule has 2 aliphatic rings. The van der Waals surface area contributed by atoms with Crippen LogP contribution in [0.2, 0.25) is 0 Å². The van der Waals surface area contributed by atoms with Crippen molar-refractivity contribution < 1.29 is 19.4 Å². The van der Waals surface area contributed by atoms with Gasteiger partial charge in [-0.15, -0.1) is 0 Å². The predicted molar refractivity (Wildman–Crippen MR) is 52.2 cm³/mol. The van der Waals surface area contributed by atoms with Gasteiger partial charge in [-0.2, -0.15) is 0 Å². The summed E-state index contributed by atoms with van der Waals surface area (Å²) in [4.78, 5) is 21.9. The van der Waals surface area contributed by atoms with Crippen LogP contribution in [0, 0.1) is 5.92 Å². The second kappa shape index (κ2) is 3.55. The molecular weight excluding hydrogens is 220 g/mol. The van der Waals surface area contributed by atoms with E-state index in [0.29, 0.717) is 5.03 Å². The van der Waals surface area contributed by atoms with Crippen LogP contribution < -0.4 is 0 Å². The summed E-state index contributed by atoms with van der Waals surface area (Å²) >= 11 is 5.76. The lowest BCUT2D eigenvalue weighted by Crippen LogP contribution is -2.32. The summed E-state index contributed by atoms with van der Waals surface area (Å²) in [5, 5.41) is 9.23. The number of carbonyl (C=O) groups excluding carboxylic acids is 1. The first-order valence-electron chi connectivity index (χ1n) is 4.29. The molecule has 5 heteroatoms. The smallest absolute Gasteiger partial charge is 0.345 e. The second-order valence-corrected chi connectivity index (χ2v) is 3.68. The van der Waals surface area contributed by atoms with Crippen molar-refractivity contribution in [2.24, 2.45) is 5.92 Å². The van der Waals surface area contributed by atoms with E-state index in [9.17, 15) is 9.59 Å². The van der Waals surface area contributed by atoms with Crippen molar-refractivity contribution in [2.45, 2.75) is 6.10 Å². The number of ether oxygens (including phenoxy) is 1. The number of aliphatic carboxylic acids is 1. The molecule has 1 aliphatic heterocycles. The molecule has 0 saturated heterocycles. The van der Waals surface area contributed by atoms with Crippen molar-refractivity contribution in [3.05, 3.63) is 34.9 Å². The average Bonchev–Trinajstić information content (AvgIpc) is 2.17. The molecule has 0 aromatic heterocycles. The molecular formula is C10H7ClO4. The summed E-state index contributed by atoms with van der Waals surface area (Å²) in [6, 6.07) is 0. The molecule has 1 aliphatic carbocycles. The third-order valence-corrected chi connectivity index (χ3v) is 2.48. The quantitative estimate of drug-likeness (QED) is 0.540. The number of carbonyl (C=O) groups is 2. The van der Waals surface area contributed by atoms with E-state index in [-0.39, 0.29) is 11.5 Å². The van der Waals surface area contributed by atoms with E-state index in [0.717, 1.165) is 0 Å². The SMILES string of the molecule is O=C(O)C1=C[C@H]2C=C(Cl)C=C[C@H]2OC1=O. The Morgan fingerprint density at radius 1 is 1.47 bits per heavy atom. The summed E-state index contributed by atoms with van der Waals surface area (Å²) in [7, 11) is 0. The second-order valence-electron chi connectivity index (χ2n) is 3.24. The Bertz CT molecular complexity index is 419. The molecule has 1 heterocycles. The van der Waals surface area contributed by atoms with Crippen LogP contribution in [-0.4, -0.2) is 23.1 Å². The Kier molecular flexibility index (Phi) is 2.36. The predicted octanol–water partition coefficient (Wildman–Crippen LogP) is 1.23. The zero-order chi connectivity index (χ0) is 11.0. The van der Waals surface area contributed by atoms with Crippen molar-refractivity contribution in [2.75, 3.05) is 0 Å². The van der Waals surface area contributed by atoms with Crippen LogP contribution in [0.3, 0.4) is 0 Å². The van der Waals surface area contributed by atoms with Gasteiger partial charge in [-0.3, -0.25) is 0 Å². The summed E-state index contributed by atoms with van der Waals surface area (Å²) in [6.45, 7) is 0. The Balaban J connectivity index is 2.36. The highest BCUT2D eigenvalue weighted by atomic mass is 35.5. The van der Waals surface area contributed by atoms with Crippen LogP contribution in [0.15, 0.2) is 34.9 Å². The largest absolute Gasteiger partial charge is 0.477 e. The van der Waals surface area contributed by atoms with Gasteiger partial charge in [0.25, 0.3) is 0 Å². The lowest BCUT2D eigenvalue weighted by atomic mass is 9.92. The average molecular weight is 227 g/mol. The Morgan fingerprint density at radius 2 is 2.20 bits per heavy atom. The summed E-state index contributed by atoms with van der Waals surface area (Å²) < 4.78 is 4.93. The molecule has 0 bridgehead atoms. The molecule has 4 nitrogen and oxygen atoms in total. The van der Waals surface area contributed by atoms with Crippen LogP contribution in [0.1, 0.15) is 0 Å². The number of halogens is 1. The van der Waals surface area contributed by atoms with Crippen molar-refractivity contribution in [3.8, 4) is 0 Å². The molecule has 2 rings (SSSR count). The first kappa shape index (κ1) is 9.98. The van der Waals surface area contributed by atoms with E-state index < -0.39 is 18.0 Å². The third-order valence-electron chi connectivity index (χ3n) is 2.23. The van der Waals surface area contributed by atoms with E-state index in [1.165, 1.54) is 6.08 Å². The summed E-state index contributed by atoms with van der Waals surface area (Å²) in [5.41, 5.74) is -0.340. The molecule has 0 aromatic rings. The van der Waals surface area contributed by atoms with Gasteiger partial charge in [0.2, 0.25) is 0 Å². The third kappa shape index (κ3) is 1.80. The van der Waals surface area contributed by atoms with Crippen LogP contribution in [-0.2, 0) is 14.3 Å². The highest BCUT2D eigenvalue weighted by molar-refractivity contribution is 6.31. The van der Waals surface area contributed by atoms with E-state index in [4.69, 9.17) is 21.4 Å². The van der Waals surface area contributed by atoms with Crippen molar-refractivity contribution in [1.82, 2.24) is 0 Å². The maximum atomic E-state index is 11.2. The minimum absolute atomic E-state index is 0.286. The van der Waals surface area contributed by atoms with Crippen LogP contribution in [0.25, 0.3) is 0 Å². The van der Waals surface area contributed by atoms with Gasteiger partial charge in [0.1, 0.15) is 11.7 Å². The van der Waals surface area contributed by atoms with Gasteiger partial charge in [-0.25, -0.2) is 9.59 Å². The van der Waals surface area contributed by atoms with Gasteiger partial charge >= 0.3 is 11.9 Å². The van der Waals surface area contributed by atoms with Crippen molar-refractivity contribution in [1.29, 1.82) is 0 Å². The van der Waals surface area contributed by atoms with Crippen LogP contribution in [0.5, 0.6) is 0 Å². The first-order chi connectivity index (χ1) is 7.08. The Morgan fingerprint density at radius 3 is 2.87 bits per heavy atom. The molecule has 0 spiro atoms. The van der Waals surface area contributed by atoms with E-state index in [1.54, 1.807) is 18.2 Å². The van der Waals surface area contributed by atoms with Gasteiger partial charge in [-0.05, 0) is 12.2 Å². The van der Waals surface area contributed by atoms with Gasteiger partial charge in [0.05, 0.1) is 0 Å². The van der Waals surface area contributed by atoms with Gasteiger partial charge in [0, 0.05) is 11.0 Å². The van der Waals surface area contributed by atoms with E-state index in [2.05, 4.69) is 0 Å². The number of carboxylic acid groups (broad SMARTS) is 1. The number of hydrogen-bond acceptors (Lipinski definition) is 3. The maximum Gasteiger partial charge on any atom is 0.345 e. The minimum atomic E-state index is -1.28. The fourth-order valence-electron chi connectivity index (χ4n) is 1.52. The zero-order valence-corrected chi connectivity index (χ0v) is 8.27. The Hall–Kier alpha value is -1.55. The number of esters is 1. The minimum Gasteiger partial charge on any atom is -0.477 e. The number of allylic oxidation sites excluding steroid dienone is 2. The zero-order valence-electron chi connectivity index (χ0n) is 7.51. The molecule has 0 saturated carbocycles. The van der Waals surface area contributed by atoms with Gasteiger partial charge in [0.15, 0.2) is 0 Å². The molecule has 1 N–H and O–H groups in total. The molecule has 0 radical (unpaired) electrons. The fourth-order valence-corrected chi connectivity index (χ4v) is 1.73. The Labute approximate surface area is 90.5 Å². The molecule has 15 heavy (non-hydrogen) atoms. The molecule has 0 amide bonds. The highest BCUT2D eigenvalue weighted by Gasteiger charge is 2.33. The summed E-state index contributed by atoms with van der Waals surface area (Å²) in [6.07, 6.45) is 5.84. The van der Waals surface area contributed by atoms with E-state index >= 15 is 0 Å². The number of carboxylic acids is 1. The van der Waals surface area contributed by atoms with Crippen LogP contribution >= 0.6 is 11.6 Å². The standard InChI is InChI=1S/C10H7ClO4/c11-6-1-2-8-5(3-6)4-7(9(12)13)10(14)15-8/h1-5,8H,(H,12,13)/t5-,8-/m1/s1. The lowest BCUT2D eigenvalue weighted by molar-refractivity contribution is -0.148. The molecule has 0 aromatic carbocycles. The molecule has 0 unspecified atom stereocenters. The normalized spacial score (nSPS) is 28.7. The lowest BCUT2D eigenvalue weighted by Gasteiger charge is -2.26. The van der Waals surface area contributed by atoms with E-state index in [1.807, 2.05) is 0 Å². The topological polar surface area (TPSA) is 63.6 Å².